The zero-order valence-electron chi connectivity index (χ0n) is 9.50. The van der Waals surface area contributed by atoms with Crippen molar-refractivity contribution < 1.29 is 9.21 Å². The largest absolute Gasteiger partial charge is 0.421 e. The van der Waals surface area contributed by atoms with Crippen LogP contribution in [-0.2, 0) is 6.54 Å². The van der Waals surface area contributed by atoms with Gasteiger partial charge in [-0.3, -0.25) is 9.36 Å². The Kier molecular flexibility index (Phi) is 2.96. The lowest BCUT2D eigenvalue weighted by molar-refractivity contribution is 0.0974. The van der Waals surface area contributed by atoms with E-state index in [1.54, 1.807) is 30.5 Å². The minimum atomic E-state index is -0.593. The summed E-state index contributed by atoms with van der Waals surface area (Å²) in [6.45, 7) is -0.111. The number of carbonyl (C=O) groups is 1. The second-order valence-corrected chi connectivity index (χ2v) is 5.52. The van der Waals surface area contributed by atoms with Gasteiger partial charge in [0.15, 0.2) is 17.0 Å². The van der Waals surface area contributed by atoms with Crippen LogP contribution in [-0.4, -0.2) is 15.3 Å². The van der Waals surface area contributed by atoms with E-state index in [0.717, 1.165) is 0 Å². The van der Waals surface area contributed by atoms with Crippen molar-refractivity contribution in [2.45, 2.75) is 6.54 Å². The first-order chi connectivity index (χ1) is 9.15. The van der Waals surface area contributed by atoms with Crippen molar-refractivity contribution in [1.82, 2.24) is 9.55 Å². The molecule has 0 bridgehead atoms. The summed E-state index contributed by atoms with van der Waals surface area (Å²) in [7, 11) is 0. The lowest BCUT2D eigenvalue weighted by atomic mass is 10.3. The van der Waals surface area contributed by atoms with E-state index >= 15 is 0 Å². The number of oxazole rings is 1. The van der Waals surface area contributed by atoms with Gasteiger partial charge in [-0.15, -0.1) is 11.3 Å². The van der Waals surface area contributed by atoms with Gasteiger partial charge in [0.2, 0.25) is 0 Å². The molecule has 0 amide bonds. The SMILES string of the molecule is O=C(Cn1c(=O)oc2cccnc21)c1ccc(Cl)s1. The molecule has 0 aromatic carbocycles. The Morgan fingerprint density at radius 3 is 3.00 bits per heavy atom. The van der Waals surface area contributed by atoms with Gasteiger partial charge in [0.25, 0.3) is 0 Å². The molecular formula is C12H7ClN2O3S. The van der Waals surface area contributed by atoms with E-state index in [1.807, 2.05) is 0 Å². The topological polar surface area (TPSA) is 65.1 Å². The van der Waals surface area contributed by atoms with Crippen molar-refractivity contribution in [1.29, 1.82) is 0 Å². The van der Waals surface area contributed by atoms with E-state index in [2.05, 4.69) is 4.98 Å². The fraction of sp³-hybridized carbons (Fsp3) is 0.0833. The smallest absolute Gasteiger partial charge is 0.406 e. The molecule has 7 heteroatoms. The van der Waals surface area contributed by atoms with Crippen molar-refractivity contribution in [2.24, 2.45) is 0 Å². The second-order valence-electron chi connectivity index (χ2n) is 3.81. The van der Waals surface area contributed by atoms with Gasteiger partial charge in [-0.1, -0.05) is 11.6 Å². The number of halogens is 1. The Bertz CT molecular complexity index is 818. The number of fused-ring (bicyclic) bond motifs is 1. The predicted octanol–water partition coefficient (Wildman–Crippen LogP) is 2.59. The van der Waals surface area contributed by atoms with Gasteiger partial charge in [0.05, 0.1) is 15.8 Å². The van der Waals surface area contributed by atoms with Crippen LogP contribution in [0.15, 0.2) is 39.7 Å². The Hall–Kier alpha value is -1.92. The van der Waals surface area contributed by atoms with Crippen LogP contribution in [0.1, 0.15) is 9.67 Å². The van der Waals surface area contributed by atoms with E-state index < -0.39 is 5.76 Å². The van der Waals surface area contributed by atoms with Crippen LogP contribution in [0, 0.1) is 0 Å². The summed E-state index contributed by atoms with van der Waals surface area (Å²) in [4.78, 5) is 28.3. The second kappa shape index (κ2) is 4.64. The molecule has 3 aromatic rings. The van der Waals surface area contributed by atoms with Crippen LogP contribution in [0.3, 0.4) is 0 Å². The Morgan fingerprint density at radius 2 is 2.26 bits per heavy atom. The summed E-state index contributed by atoms with van der Waals surface area (Å²) in [6, 6.07) is 6.58. The third kappa shape index (κ3) is 2.20. The van der Waals surface area contributed by atoms with Crippen molar-refractivity contribution in [3.63, 3.8) is 0 Å². The van der Waals surface area contributed by atoms with Gasteiger partial charge in [-0.25, -0.2) is 9.78 Å². The Balaban J connectivity index is 2.00. The summed E-state index contributed by atoms with van der Waals surface area (Å²) in [6.07, 6.45) is 1.54. The van der Waals surface area contributed by atoms with Crippen molar-refractivity contribution >= 4 is 40.0 Å². The predicted molar refractivity (Wildman–Crippen MR) is 71.9 cm³/mol. The Morgan fingerprint density at radius 1 is 1.42 bits per heavy atom. The number of hydrogen-bond donors (Lipinski definition) is 0. The molecule has 0 fully saturated rings. The highest BCUT2D eigenvalue weighted by Crippen LogP contribution is 2.22. The molecule has 0 aliphatic carbocycles. The molecule has 5 nitrogen and oxygen atoms in total. The van der Waals surface area contributed by atoms with Crippen LogP contribution in [0.2, 0.25) is 4.34 Å². The zero-order valence-corrected chi connectivity index (χ0v) is 11.1. The third-order valence-corrected chi connectivity index (χ3v) is 3.85. The highest BCUT2D eigenvalue weighted by atomic mass is 35.5. The van der Waals surface area contributed by atoms with Gasteiger partial charge in [0.1, 0.15) is 0 Å². The molecule has 3 rings (SSSR count). The summed E-state index contributed by atoms with van der Waals surface area (Å²) >= 11 is 6.96. The Labute approximate surface area is 116 Å². The minimum absolute atomic E-state index is 0.111. The zero-order chi connectivity index (χ0) is 13.4. The molecule has 0 spiro atoms. The molecule has 96 valence electrons. The van der Waals surface area contributed by atoms with E-state index in [0.29, 0.717) is 20.4 Å². The first-order valence-electron chi connectivity index (χ1n) is 5.38. The fourth-order valence-electron chi connectivity index (χ4n) is 1.73. The number of nitrogens with zero attached hydrogens (tertiary/aromatic N) is 2. The molecule has 0 unspecified atom stereocenters. The number of Topliss-reactive ketones (excluding diaryl/α,β-unsaturated/α-hetero) is 1. The lowest BCUT2D eigenvalue weighted by Crippen LogP contribution is -2.20. The van der Waals surface area contributed by atoms with Crippen LogP contribution in [0.25, 0.3) is 11.2 Å². The first kappa shape index (κ1) is 12.1. The van der Waals surface area contributed by atoms with Crippen LogP contribution < -0.4 is 5.76 Å². The molecule has 3 aromatic heterocycles. The van der Waals surface area contributed by atoms with E-state index in [-0.39, 0.29) is 12.3 Å². The van der Waals surface area contributed by atoms with Gasteiger partial charge in [0, 0.05) is 6.20 Å². The minimum Gasteiger partial charge on any atom is -0.406 e. The summed E-state index contributed by atoms with van der Waals surface area (Å²) in [5.74, 6) is -0.794. The lowest BCUT2D eigenvalue weighted by Gasteiger charge is -1.98. The van der Waals surface area contributed by atoms with E-state index in [9.17, 15) is 9.59 Å². The third-order valence-electron chi connectivity index (χ3n) is 2.57. The van der Waals surface area contributed by atoms with Crippen LogP contribution in [0.5, 0.6) is 0 Å². The maximum Gasteiger partial charge on any atom is 0.421 e. The van der Waals surface area contributed by atoms with Gasteiger partial charge in [-0.05, 0) is 24.3 Å². The average Bonchev–Trinajstić information content (AvgIpc) is 2.95. The molecule has 0 aliphatic heterocycles. The van der Waals surface area contributed by atoms with Crippen molar-refractivity contribution in [3.8, 4) is 0 Å². The van der Waals surface area contributed by atoms with Crippen LogP contribution >= 0.6 is 22.9 Å². The van der Waals surface area contributed by atoms with E-state index in [4.69, 9.17) is 16.0 Å². The quantitative estimate of drug-likeness (QED) is 0.696. The summed E-state index contributed by atoms with van der Waals surface area (Å²) < 4.78 is 6.76. The maximum atomic E-state index is 12.0. The maximum absolute atomic E-state index is 12.0. The molecule has 0 atom stereocenters. The molecule has 0 radical (unpaired) electrons. The highest BCUT2D eigenvalue weighted by molar-refractivity contribution is 7.18. The average molecular weight is 295 g/mol. The number of thiophene rings is 1. The van der Waals surface area contributed by atoms with Crippen molar-refractivity contribution in [3.05, 3.63) is 50.2 Å². The van der Waals surface area contributed by atoms with Crippen molar-refractivity contribution in [2.75, 3.05) is 0 Å². The number of rotatable bonds is 3. The number of carbonyl (C=O) groups excluding carboxylic acids is 1. The molecule has 0 aliphatic rings. The number of aromatic nitrogens is 2. The van der Waals surface area contributed by atoms with E-state index in [1.165, 1.54) is 15.9 Å². The van der Waals surface area contributed by atoms with Gasteiger partial charge in [-0.2, -0.15) is 0 Å². The van der Waals surface area contributed by atoms with Gasteiger partial charge < -0.3 is 4.42 Å². The van der Waals surface area contributed by atoms with Gasteiger partial charge >= 0.3 is 5.76 Å². The molecule has 3 heterocycles. The standard InChI is InChI=1S/C12H7ClN2O3S/c13-10-4-3-9(19-10)7(16)6-15-11-8(18-12(15)17)2-1-5-14-11/h1-5H,6H2. The molecule has 0 N–H and O–H groups in total. The number of ketones is 1. The molecule has 0 saturated carbocycles. The molecular weight excluding hydrogens is 288 g/mol. The normalized spacial score (nSPS) is 11.0. The molecule has 0 saturated heterocycles. The number of pyridine rings is 1. The highest BCUT2D eigenvalue weighted by Gasteiger charge is 2.15. The number of hydrogen-bond acceptors (Lipinski definition) is 5. The van der Waals surface area contributed by atoms with Crippen LogP contribution in [0.4, 0.5) is 0 Å². The summed E-state index contributed by atoms with van der Waals surface area (Å²) in [5, 5.41) is 0. The first-order valence-corrected chi connectivity index (χ1v) is 6.57. The monoisotopic (exact) mass is 294 g/mol. The fourth-order valence-corrected chi connectivity index (χ4v) is 2.70. The summed E-state index contributed by atoms with van der Waals surface area (Å²) in [5.41, 5.74) is 0.730. The molecule has 19 heavy (non-hydrogen) atoms.